The van der Waals surface area contributed by atoms with Gasteiger partial charge in [-0.1, -0.05) is 12.1 Å². The lowest BCUT2D eigenvalue weighted by Gasteiger charge is -2.46. The average molecular weight is 352 g/mol. The van der Waals surface area contributed by atoms with Crippen LogP contribution in [0.15, 0.2) is 18.2 Å². The second-order valence-corrected chi connectivity index (χ2v) is 8.15. The Bertz CT molecular complexity index is 918. The van der Waals surface area contributed by atoms with Crippen LogP contribution >= 0.6 is 0 Å². The number of piperidine rings is 1. The molecule has 0 bridgehead atoms. The summed E-state index contributed by atoms with van der Waals surface area (Å²) in [6, 6.07) is 6.86. The molecular formula is C20H24N4O2. The van der Waals surface area contributed by atoms with Gasteiger partial charge in [-0.15, -0.1) is 0 Å². The maximum atomic E-state index is 11.9. The Morgan fingerprint density at radius 1 is 1.27 bits per heavy atom. The van der Waals surface area contributed by atoms with Crippen molar-refractivity contribution < 1.29 is 9.59 Å². The minimum Gasteiger partial charge on any atom is -0.358 e. The molecule has 1 aliphatic carbocycles. The van der Waals surface area contributed by atoms with Crippen LogP contribution in [0.1, 0.15) is 29.2 Å². The summed E-state index contributed by atoms with van der Waals surface area (Å²) < 4.78 is 0. The van der Waals surface area contributed by atoms with Crippen molar-refractivity contribution in [2.24, 2.45) is 5.92 Å². The number of imide groups is 1. The number of H-pyrrole nitrogens is 1. The third-order valence-electron chi connectivity index (χ3n) is 6.50. The Kier molecular flexibility index (Phi) is 3.41. The van der Waals surface area contributed by atoms with Crippen LogP contribution in [0.3, 0.4) is 0 Å². The van der Waals surface area contributed by atoms with Gasteiger partial charge in [0.2, 0.25) is 5.91 Å². The molecular weight excluding hydrogens is 328 g/mol. The number of likely N-dealkylation sites (tertiary alicyclic amines) is 1. The van der Waals surface area contributed by atoms with Crippen LogP contribution in [0.4, 0.5) is 4.79 Å². The number of carbonyl (C=O) groups excluding carboxylic acids is 2. The molecule has 2 saturated heterocycles. The van der Waals surface area contributed by atoms with Crippen molar-refractivity contribution in [3.63, 3.8) is 0 Å². The van der Waals surface area contributed by atoms with E-state index >= 15 is 0 Å². The van der Waals surface area contributed by atoms with E-state index in [4.69, 9.17) is 0 Å². The minimum atomic E-state index is -0.242. The molecule has 136 valence electrons. The predicted octanol–water partition coefficient (Wildman–Crippen LogP) is 1.99. The van der Waals surface area contributed by atoms with Gasteiger partial charge in [-0.25, -0.2) is 4.79 Å². The van der Waals surface area contributed by atoms with Gasteiger partial charge in [0.1, 0.15) is 6.54 Å². The van der Waals surface area contributed by atoms with Crippen LogP contribution in [-0.4, -0.2) is 59.4 Å². The van der Waals surface area contributed by atoms with Gasteiger partial charge in [0.25, 0.3) is 0 Å². The van der Waals surface area contributed by atoms with Gasteiger partial charge < -0.3 is 14.8 Å². The van der Waals surface area contributed by atoms with Crippen molar-refractivity contribution in [1.29, 1.82) is 0 Å². The van der Waals surface area contributed by atoms with Crippen LogP contribution < -0.4 is 5.32 Å². The lowest BCUT2D eigenvalue weighted by molar-refractivity contribution is -0.118. The van der Waals surface area contributed by atoms with E-state index in [2.05, 4.69) is 47.4 Å². The second kappa shape index (κ2) is 5.58. The molecule has 3 heterocycles. The molecule has 3 aliphatic rings. The topological polar surface area (TPSA) is 68.4 Å². The number of hydrogen-bond donors (Lipinski definition) is 2. The molecule has 1 aromatic carbocycles. The van der Waals surface area contributed by atoms with Gasteiger partial charge in [-0.05, 0) is 49.9 Å². The third-order valence-corrected chi connectivity index (χ3v) is 6.50. The van der Waals surface area contributed by atoms with Crippen molar-refractivity contribution in [1.82, 2.24) is 20.1 Å². The summed E-state index contributed by atoms with van der Waals surface area (Å²) in [5.74, 6) is 0.674. The highest BCUT2D eigenvalue weighted by atomic mass is 16.2. The highest BCUT2D eigenvalue weighted by molar-refractivity contribution is 6.01. The van der Waals surface area contributed by atoms with Crippen LogP contribution in [0.25, 0.3) is 10.9 Å². The number of urea groups is 1. The molecule has 0 radical (unpaired) electrons. The van der Waals surface area contributed by atoms with Crippen LogP contribution in [0.2, 0.25) is 0 Å². The molecule has 2 aromatic rings. The van der Waals surface area contributed by atoms with Crippen molar-refractivity contribution in [2.45, 2.75) is 31.7 Å². The van der Waals surface area contributed by atoms with Gasteiger partial charge in [0.15, 0.2) is 0 Å². The number of hydrogen-bond acceptors (Lipinski definition) is 3. The standard InChI is InChI=1S/C20H24N4O2/c1-11-14-7-17-15(13-4-3-5-16(21-11)19(13)14)6-12(8-23(17)2)9-24-10-18(25)22-20(24)26/h3-5,12,15,17,21H,6-10H2,1-2H3,(H,22,25,26)/t12?,15-,17-/m1/s1. The smallest absolute Gasteiger partial charge is 0.324 e. The van der Waals surface area contributed by atoms with E-state index in [0.29, 0.717) is 24.4 Å². The van der Waals surface area contributed by atoms with Crippen LogP contribution in [0, 0.1) is 12.8 Å². The number of aromatic amines is 1. The number of fused-ring (bicyclic) bond motifs is 2. The largest absolute Gasteiger partial charge is 0.358 e. The summed E-state index contributed by atoms with van der Waals surface area (Å²) in [5.41, 5.74) is 5.43. The summed E-state index contributed by atoms with van der Waals surface area (Å²) in [6.07, 6.45) is 2.15. The van der Waals surface area contributed by atoms with E-state index in [9.17, 15) is 9.59 Å². The monoisotopic (exact) mass is 352 g/mol. The van der Waals surface area contributed by atoms with Gasteiger partial charge >= 0.3 is 6.03 Å². The number of aromatic nitrogens is 1. The first-order valence-corrected chi connectivity index (χ1v) is 9.40. The van der Waals surface area contributed by atoms with Gasteiger partial charge in [-0.3, -0.25) is 10.1 Å². The Labute approximate surface area is 152 Å². The number of nitrogens with one attached hydrogen (secondary N) is 2. The maximum Gasteiger partial charge on any atom is 0.324 e. The van der Waals surface area contributed by atoms with E-state index < -0.39 is 0 Å². The highest BCUT2D eigenvalue weighted by Crippen LogP contribution is 2.45. The second-order valence-electron chi connectivity index (χ2n) is 8.15. The lowest BCUT2D eigenvalue weighted by atomic mass is 9.72. The van der Waals surface area contributed by atoms with Gasteiger partial charge in [0.05, 0.1) is 0 Å². The van der Waals surface area contributed by atoms with E-state index in [-0.39, 0.29) is 18.5 Å². The van der Waals surface area contributed by atoms with Gasteiger partial charge in [0, 0.05) is 41.6 Å². The molecule has 1 aromatic heterocycles. The quantitative estimate of drug-likeness (QED) is 0.812. The molecule has 0 saturated carbocycles. The van der Waals surface area contributed by atoms with E-state index in [1.807, 2.05) is 0 Å². The summed E-state index contributed by atoms with van der Waals surface area (Å²) >= 11 is 0. The Morgan fingerprint density at radius 3 is 2.88 bits per heavy atom. The fraction of sp³-hybridized carbons (Fsp3) is 0.500. The van der Waals surface area contributed by atoms with Crippen LogP contribution in [0.5, 0.6) is 0 Å². The molecule has 6 heteroatoms. The number of nitrogens with zero attached hydrogens (tertiary/aromatic N) is 2. The molecule has 3 amide bonds. The zero-order chi connectivity index (χ0) is 18.0. The van der Waals surface area contributed by atoms with Crippen molar-refractivity contribution >= 4 is 22.8 Å². The molecule has 0 spiro atoms. The Balaban J connectivity index is 1.46. The summed E-state index contributed by atoms with van der Waals surface area (Å²) in [6.45, 7) is 3.99. The number of benzene rings is 1. The van der Waals surface area contributed by atoms with Crippen molar-refractivity contribution in [3.05, 3.63) is 35.0 Å². The summed E-state index contributed by atoms with van der Waals surface area (Å²) in [7, 11) is 2.20. The van der Waals surface area contributed by atoms with Gasteiger partial charge in [-0.2, -0.15) is 0 Å². The molecule has 1 unspecified atom stereocenters. The number of aryl methyl sites for hydroxylation is 1. The third kappa shape index (κ3) is 2.28. The first-order chi connectivity index (χ1) is 12.5. The Morgan fingerprint density at radius 2 is 2.12 bits per heavy atom. The first-order valence-electron chi connectivity index (χ1n) is 9.40. The zero-order valence-corrected chi connectivity index (χ0v) is 15.2. The molecule has 26 heavy (non-hydrogen) atoms. The fourth-order valence-corrected chi connectivity index (χ4v) is 5.40. The minimum absolute atomic E-state index is 0.188. The number of likely N-dealkylation sites (N-methyl/N-ethyl adjacent to an activating group) is 1. The van der Waals surface area contributed by atoms with Crippen molar-refractivity contribution in [2.75, 3.05) is 26.7 Å². The maximum absolute atomic E-state index is 11.9. The molecule has 3 atom stereocenters. The normalized spacial score (nSPS) is 28.5. The molecule has 2 aliphatic heterocycles. The summed E-state index contributed by atoms with van der Waals surface area (Å²) in [5, 5.41) is 3.80. The highest BCUT2D eigenvalue weighted by Gasteiger charge is 2.41. The first kappa shape index (κ1) is 15.9. The molecule has 5 rings (SSSR count). The lowest BCUT2D eigenvalue weighted by Crippen LogP contribution is -2.50. The number of carbonyl (C=O) groups is 2. The van der Waals surface area contributed by atoms with E-state index in [1.165, 1.54) is 27.7 Å². The number of amides is 3. The molecule has 2 N–H and O–H groups in total. The van der Waals surface area contributed by atoms with Crippen LogP contribution in [-0.2, 0) is 11.2 Å². The SMILES string of the molecule is Cc1[nH]c2cccc3c2c1C[C@@H]1[C@@H]3CC(CN2CC(=O)NC2=O)CN1C. The van der Waals surface area contributed by atoms with Crippen molar-refractivity contribution in [3.8, 4) is 0 Å². The fourth-order valence-electron chi connectivity index (χ4n) is 5.40. The average Bonchev–Trinajstić information content (AvgIpc) is 3.08. The predicted molar refractivity (Wildman–Crippen MR) is 99.1 cm³/mol. The molecule has 6 nitrogen and oxygen atoms in total. The van der Waals surface area contributed by atoms with E-state index in [1.54, 1.807) is 4.90 Å². The molecule has 2 fully saturated rings. The summed E-state index contributed by atoms with van der Waals surface area (Å²) in [4.78, 5) is 31.1. The Hall–Kier alpha value is -2.34. The van der Waals surface area contributed by atoms with E-state index in [0.717, 1.165) is 19.4 Å². The zero-order valence-electron chi connectivity index (χ0n) is 15.2. The number of rotatable bonds is 2.